The number of nitrogens with one attached hydrogen (secondary N) is 1. The normalized spacial score (nSPS) is 13.9. The van der Waals surface area contributed by atoms with Crippen molar-refractivity contribution in [1.29, 1.82) is 0 Å². The number of hydrogen-bond acceptors (Lipinski definition) is 3. The Bertz CT molecular complexity index is 907. The maximum atomic E-state index is 12.8. The molecule has 0 saturated carbocycles. The van der Waals surface area contributed by atoms with E-state index in [1.54, 1.807) is 0 Å². The number of carbonyl (C=O) groups is 2. The van der Waals surface area contributed by atoms with Crippen molar-refractivity contribution in [1.82, 2.24) is 4.90 Å². The Morgan fingerprint density at radius 2 is 1.74 bits per heavy atom. The number of halogens is 1. The Labute approximate surface area is 190 Å². The summed E-state index contributed by atoms with van der Waals surface area (Å²) in [5.74, 6) is 0.115. The number of amides is 2. The van der Waals surface area contributed by atoms with Gasteiger partial charge < -0.3 is 15.1 Å². The molecule has 2 aromatic rings. The van der Waals surface area contributed by atoms with Gasteiger partial charge in [0.1, 0.15) is 0 Å². The van der Waals surface area contributed by atoms with Gasteiger partial charge >= 0.3 is 0 Å². The number of nitrogens with zero attached hydrogens (tertiary/aromatic N) is 2. The highest BCUT2D eigenvalue weighted by atomic mass is 35.5. The number of piperazine rings is 1. The summed E-state index contributed by atoms with van der Waals surface area (Å²) in [5, 5.41) is 3.55. The molecule has 1 aliphatic rings. The summed E-state index contributed by atoms with van der Waals surface area (Å²) in [6.07, 6.45) is 4.86. The summed E-state index contributed by atoms with van der Waals surface area (Å²) >= 11 is 6.53. The lowest BCUT2D eigenvalue weighted by Crippen LogP contribution is -2.49. The van der Waals surface area contributed by atoms with E-state index in [-0.39, 0.29) is 11.8 Å². The first kappa shape index (κ1) is 23.1. The highest BCUT2D eigenvalue weighted by Crippen LogP contribution is 2.30. The number of anilines is 2. The molecule has 6 heteroatoms. The van der Waals surface area contributed by atoms with Gasteiger partial charge in [-0.15, -0.1) is 0 Å². The van der Waals surface area contributed by atoms with Crippen LogP contribution in [0.1, 0.15) is 54.9 Å². The number of carbonyl (C=O) groups excluding carboxylic acids is 2. The van der Waals surface area contributed by atoms with Crippen molar-refractivity contribution in [2.24, 2.45) is 0 Å². The standard InChI is InChI=1S/C25H32ClN3O2/c1-3-4-5-6-11-24(30)27-20-12-13-23(22(26)18-20)28-14-16-29(17-15-28)25(31)21-10-8-7-9-19(21)2/h7-10,12-13,18H,3-6,11,14-17H2,1-2H3,(H,27,30). The van der Waals surface area contributed by atoms with E-state index in [2.05, 4.69) is 17.1 Å². The van der Waals surface area contributed by atoms with Crippen molar-refractivity contribution >= 4 is 34.8 Å². The molecule has 0 spiro atoms. The molecule has 0 aromatic heterocycles. The topological polar surface area (TPSA) is 52.7 Å². The molecule has 1 heterocycles. The summed E-state index contributed by atoms with van der Waals surface area (Å²) in [4.78, 5) is 29.0. The van der Waals surface area contributed by atoms with Gasteiger partial charge in [0.25, 0.3) is 5.91 Å². The molecule has 166 valence electrons. The van der Waals surface area contributed by atoms with Crippen molar-refractivity contribution in [3.05, 3.63) is 58.6 Å². The van der Waals surface area contributed by atoms with Gasteiger partial charge in [0.05, 0.1) is 10.7 Å². The second-order valence-corrected chi connectivity index (χ2v) is 8.53. The maximum absolute atomic E-state index is 12.8. The molecule has 3 rings (SSSR count). The van der Waals surface area contributed by atoms with E-state index in [9.17, 15) is 9.59 Å². The van der Waals surface area contributed by atoms with Gasteiger partial charge in [-0.2, -0.15) is 0 Å². The summed E-state index contributed by atoms with van der Waals surface area (Å²) in [6.45, 7) is 6.88. The van der Waals surface area contributed by atoms with Gasteiger partial charge in [0.15, 0.2) is 0 Å². The summed E-state index contributed by atoms with van der Waals surface area (Å²) < 4.78 is 0. The lowest BCUT2D eigenvalue weighted by Gasteiger charge is -2.36. The van der Waals surface area contributed by atoms with E-state index in [0.29, 0.717) is 24.5 Å². The van der Waals surface area contributed by atoms with Gasteiger partial charge in [-0.05, 0) is 43.2 Å². The highest BCUT2D eigenvalue weighted by molar-refractivity contribution is 6.33. The van der Waals surface area contributed by atoms with E-state index >= 15 is 0 Å². The molecule has 31 heavy (non-hydrogen) atoms. The van der Waals surface area contributed by atoms with Gasteiger partial charge in [0, 0.05) is 43.9 Å². The molecule has 0 aliphatic carbocycles. The maximum Gasteiger partial charge on any atom is 0.254 e. The minimum absolute atomic E-state index is 0.0308. The van der Waals surface area contributed by atoms with Crippen molar-refractivity contribution in [3.8, 4) is 0 Å². The van der Waals surface area contributed by atoms with Gasteiger partial charge in [-0.1, -0.05) is 56.0 Å². The monoisotopic (exact) mass is 441 g/mol. The molecule has 0 bridgehead atoms. The highest BCUT2D eigenvalue weighted by Gasteiger charge is 2.24. The smallest absolute Gasteiger partial charge is 0.254 e. The van der Waals surface area contributed by atoms with E-state index < -0.39 is 0 Å². The Morgan fingerprint density at radius 3 is 2.42 bits per heavy atom. The third-order valence-corrected chi connectivity index (χ3v) is 6.07. The lowest BCUT2D eigenvalue weighted by atomic mass is 10.1. The van der Waals surface area contributed by atoms with Crippen LogP contribution in [0.15, 0.2) is 42.5 Å². The Hall–Kier alpha value is -2.53. The molecular weight excluding hydrogens is 410 g/mol. The molecule has 2 aromatic carbocycles. The van der Waals surface area contributed by atoms with Crippen LogP contribution in [-0.2, 0) is 4.79 Å². The average Bonchev–Trinajstić information content (AvgIpc) is 2.77. The third kappa shape index (κ3) is 6.23. The van der Waals surface area contributed by atoms with Crippen LogP contribution in [0.5, 0.6) is 0 Å². The first-order chi connectivity index (χ1) is 15.0. The molecule has 1 fully saturated rings. The van der Waals surface area contributed by atoms with Crippen molar-refractivity contribution < 1.29 is 9.59 Å². The summed E-state index contributed by atoms with van der Waals surface area (Å²) in [7, 11) is 0. The fourth-order valence-corrected chi connectivity index (χ4v) is 4.21. The van der Waals surface area contributed by atoms with Crippen LogP contribution in [0.25, 0.3) is 0 Å². The van der Waals surface area contributed by atoms with E-state index in [4.69, 9.17) is 11.6 Å². The molecule has 1 aliphatic heterocycles. The van der Waals surface area contributed by atoms with Crippen LogP contribution in [0.4, 0.5) is 11.4 Å². The van der Waals surface area contributed by atoms with Gasteiger partial charge in [-0.25, -0.2) is 0 Å². The Morgan fingerprint density at radius 1 is 1.00 bits per heavy atom. The van der Waals surface area contributed by atoms with Crippen LogP contribution in [0, 0.1) is 6.92 Å². The molecule has 5 nitrogen and oxygen atoms in total. The zero-order chi connectivity index (χ0) is 22.2. The molecule has 1 saturated heterocycles. The average molecular weight is 442 g/mol. The fraction of sp³-hybridized carbons (Fsp3) is 0.440. The minimum Gasteiger partial charge on any atom is -0.367 e. The van der Waals surface area contributed by atoms with Crippen molar-refractivity contribution in [3.63, 3.8) is 0 Å². The zero-order valence-electron chi connectivity index (χ0n) is 18.5. The second kappa shape index (κ2) is 11.2. The minimum atomic E-state index is 0.0308. The summed E-state index contributed by atoms with van der Waals surface area (Å²) in [6, 6.07) is 13.4. The molecule has 1 N–H and O–H groups in total. The number of rotatable bonds is 8. The van der Waals surface area contributed by atoms with E-state index in [1.807, 2.05) is 54.3 Å². The second-order valence-electron chi connectivity index (χ2n) is 8.12. The van der Waals surface area contributed by atoms with Crippen LogP contribution < -0.4 is 10.2 Å². The number of benzene rings is 2. The van der Waals surface area contributed by atoms with Crippen LogP contribution >= 0.6 is 11.6 Å². The number of unbranched alkanes of at least 4 members (excludes halogenated alkanes) is 3. The Balaban J connectivity index is 1.54. The van der Waals surface area contributed by atoms with Crippen LogP contribution in [0.2, 0.25) is 5.02 Å². The molecule has 0 radical (unpaired) electrons. The molecule has 2 amide bonds. The zero-order valence-corrected chi connectivity index (χ0v) is 19.3. The fourth-order valence-electron chi connectivity index (χ4n) is 3.91. The quantitative estimate of drug-likeness (QED) is 0.549. The largest absolute Gasteiger partial charge is 0.367 e. The SMILES string of the molecule is CCCCCCC(=O)Nc1ccc(N2CCN(C(=O)c3ccccc3C)CC2)c(Cl)c1. The number of aryl methyl sites for hydroxylation is 1. The van der Waals surface area contributed by atoms with E-state index in [0.717, 1.165) is 61.3 Å². The lowest BCUT2D eigenvalue weighted by molar-refractivity contribution is -0.116. The number of hydrogen-bond donors (Lipinski definition) is 1. The molecular formula is C25H32ClN3O2. The van der Waals surface area contributed by atoms with Crippen LogP contribution in [-0.4, -0.2) is 42.9 Å². The third-order valence-electron chi connectivity index (χ3n) is 5.77. The van der Waals surface area contributed by atoms with Crippen LogP contribution in [0.3, 0.4) is 0 Å². The van der Waals surface area contributed by atoms with Gasteiger partial charge in [0.2, 0.25) is 5.91 Å². The first-order valence-corrected chi connectivity index (χ1v) is 11.6. The van der Waals surface area contributed by atoms with Crippen molar-refractivity contribution in [2.45, 2.75) is 46.0 Å². The van der Waals surface area contributed by atoms with E-state index in [1.165, 1.54) is 0 Å². The predicted molar refractivity (Wildman–Crippen MR) is 128 cm³/mol. The molecule has 0 unspecified atom stereocenters. The Kier molecular flexibility index (Phi) is 8.35. The van der Waals surface area contributed by atoms with Gasteiger partial charge in [-0.3, -0.25) is 9.59 Å². The molecule has 0 atom stereocenters. The predicted octanol–water partition coefficient (Wildman–Crippen LogP) is 5.52. The summed E-state index contributed by atoms with van der Waals surface area (Å²) in [5.41, 5.74) is 3.43. The first-order valence-electron chi connectivity index (χ1n) is 11.2. The van der Waals surface area contributed by atoms with Crippen molar-refractivity contribution in [2.75, 3.05) is 36.4 Å².